The van der Waals surface area contributed by atoms with Gasteiger partial charge in [0, 0.05) is 11.6 Å². The average Bonchev–Trinajstić information content (AvgIpc) is 2.78. The molecule has 19 heavy (non-hydrogen) atoms. The molecule has 0 amide bonds. The van der Waals surface area contributed by atoms with Crippen molar-refractivity contribution in [3.8, 4) is 0 Å². The van der Waals surface area contributed by atoms with Gasteiger partial charge in [-0.2, -0.15) is 0 Å². The summed E-state index contributed by atoms with van der Waals surface area (Å²) in [6.45, 7) is 1.94. The molecule has 3 N–H and O–H groups in total. The second-order valence-electron chi connectivity index (χ2n) is 5.02. The molecule has 2 rings (SSSR count). The van der Waals surface area contributed by atoms with Crippen LogP contribution in [0.1, 0.15) is 24.8 Å². The van der Waals surface area contributed by atoms with Gasteiger partial charge in [0.05, 0.1) is 4.90 Å². The van der Waals surface area contributed by atoms with Gasteiger partial charge in [-0.3, -0.25) is 0 Å². The smallest absolute Gasteiger partial charge is 0.241 e. The van der Waals surface area contributed by atoms with Gasteiger partial charge in [-0.1, -0.05) is 12.5 Å². The second kappa shape index (κ2) is 5.56. The first-order chi connectivity index (χ1) is 8.95. The lowest BCUT2D eigenvalue weighted by molar-refractivity contribution is 0.452. The van der Waals surface area contributed by atoms with Crippen molar-refractivity contribution in [2.45, 2.75) is 37.1 Å². The molecular weight excluding hydrogens is 267 g/mol. The summed E-state index contributed by atoms with van der Waals surface area (Å²) in [5.74, 6) is -0.340. The molecule has 0 spiro atoms. The lowest BCUT2D eigenvalue weighted by atomic mass is 10.1. The van der Waals surface area contributed by atoms with Gasteiger partial charge in [0.25, 0.3) is 0 Å². The summed E-state index contributed by atoms with van der Waals surface area (Å²) >= 11 is 0. The SMILES string of the molecule is Cc1c(F)cccc1S(=O)(=O)N[C@@H]1CCC[C@@H]1CN. The molecule has 6 heteroatoms. The molecule has 0 aliphatic heterocycles. The Kier molecular flexibility index (Phi) is 4.23. The van der Waals surface area contributed by atoms with Crippen LogP contribution in [0.15, 0.2) is 23.1 Å². The summed E-state index contributed by atoms with van der Waals surface area (Å²) < 4.78 is 40.7. The third-order valence-corrected chi connectivity index (χ3v) is 5.41. The predicted octanol–water partition coefficient (Wildman–Crippen LogP) is 1.54. The maximum atomic E-state index is 13.5. The van der Waals surface area contributed by atoms with Gasteiger partial charge in [0.2, 0.25) is 10.0 Å². The van der Waals surface area contributed by atoms with E-state index in [1.807, 2.05) is 0 Å². The monoisotopic (exact) mass is 286 g/mol. The Labute approximate surface area is 113 Å². The first-order valence-electron chi connectivity index (χ1n) is 6.43. The van der Waals surface area contributed by atoms with Crippen molar-refractivity contribution in [2.75, 3.05) is 6.54 Å². The van der Waals surface area contributed by atoms with Gasteiger partial charge in [0.15, 0.2) is 0 Å². The van der Waals surface area contributed by atoms with Crippen molar-refractivity contribution in [3.05, 3.63) is 29.6 Å². The summed E-state index contributed by atoms with van der Waals surface area (Å²) in [5.41, 5.74) is 5.79. The number of hydrogen-bond acceptors (Lipinski definition) is 3. The molecule has 0 saturated heterocycles. The van der Waals surface area contributed by atoms with E-state index in [-0.39, 0.29) is 22.4 Å². The van der Waals surface area contributed by atoms with Crippen molar-refractivity contribution < 1.29 is 12.8 Å². The van der Waals surface area contributed by atoms with Gasteiger partial charge in [-0.25, -0.2) is 17.5 Å². The zero-order chi connectivity index (χ0) is 14.0. The zero-order valence-corrected chi connectivity index (χ0v) is 11.7. The summed E-state index contributed by atoms with van der Waals surface area (Å²) in [6, 6.07) is 3.95. The molecule has 1 aromatic carbocycles. The van der Waals surface area contributed by atoms with Gasteiger partial charge in [-0.05, 0) is 44.4 Å². The van der Waals surface area contributed by atoms with Crippen LogP contribution >= 0.6 is 0 Å². The molecule has 0 aromatic heterocycles. The molecule has 0 radical (unpaired) electrons. The van der Waals surface area contributed by atoms with E-state index in [0.29, 0.717) is 6.54 Å². The molecule has 1 aromatic rings. The van der Waals surface area contributed by atoms with Crippen LogP contribution in [0.5, 0.6) is 0 Å². The first-order valence-corrected chi connectivity index (χ1v) is 7.91. The van der Waals surface area contributed by atoms with Crippen LogP contribution < -0.4 is 10.5 Å². The Morgan fingerprint density at radius 1 is 1.42 bits per heavy atom. The maximum Gasteiger partial charge on any atom is 0.241 e. The third-order valence-electron chi connectivity index (χ3n) is 3.78. The molecule has 0 unspecified atom stereocenters. The molecular formula is C13H19FN2O2S. The Hall–Kier alpha value is -0.980. The summed E-state index contributed by atoms with van der Waals surface area (Å²) in [4.78, 5) is 0.00942. The van der Waals surface area contributed by atoms with Gasteiger partial charge in [0.1, 0.15) is 5.82 Å². The molecule has 1 aliphatic rings. The Balaban J connectivity index is 2.25. The van der Waals surface area contributed by atoms with Crippen LogP contribution in [-0.2, 0) is 10.0 Å². The topological polar surface area (TPSA) is 72.2 Å². The van der Waals surface area contributed by atoms with E-state index in [9.17, 15) is 12.8 Å². The van der Waals surface area contributed by atoms with E-state index in [0.717, 1.165) is 19.3 Å². The average molecular weight is 286 g/mol. The van der Waals surface area contributed by atoms with Gasteiger partial charge >= 0.3 is 0 Å². The van der Waals surface area contributed by atoms with E-state index in [1.165, 1.54) is 25.1 Å². The van der Waals surface area contributed by atoms with Crippen molar-refractivity contribution in [1.82, 2.24) is 4.72 Å². The van der Waals surface area contributed by atoms with Gasteiger partial charge in [-0.15, -0.1) is 0 Å². The van der Waals surface area contributed by atoms with Crippen molar-refractivity contribution in [2.24, 2.45) is 11.7 Å². The standard InChI is InChI=1S/C13H19FN2O2S/c1-9-11(14)5-3-7-13(9)19(17,18)16-12-6-2-4-10(12)8-15/h3,5,7,10,12,16H,2,4,6,8,15H2,1H3/t10-,12-/m1/s1. The lowest BCUT2D eigenvalue weighted by Crippen LogP contribution is -2.40. The number of nitrogens with two attached hydrogens (primary N) is 1. The molecule has 1 fully saturated rings. The highest BCUT2D eigenvalue weighted by Gasteiger charge is 2.31. The summed E-state index contributed by atoms with van der Waals surface area (Å²) in [5, 5.41) is 0. The van der Waals surface area contributed by atoms with Crippen LogP contribution in [0.4, 0.5) is 4.39 Å². The minimum absolute atomic E-state index is 0.00942. The highest BCUT2D eigenvalue weighted by molar-refractivity contribution is 7.89. The second-order valence-corrected chi connectivity index (χ2v) is 6.70. The molecule has 106 valence electrons. The number of rotatable bonds is 4. The number of benzene rings is 1. The van der Waals surface area contributed by atoms with E-state index in [4.69, 9.17) is 5.73 Å². The van der Waals surface area contributed by atoms with E-state index in [2.05, 4.69) is 4.72 Å². The van der Waals surface area contributed by atoms with Crippen LogP contribution in [-0.4, -0.2) is 21.0 Å². The van der Waals surface area contributed by atoms with Crippen LogP contribution in [0.2, 0.25) is 0 Å². The quantitative estimate of drug-likeness (QED) is 0.882. The van der Waals surface area contributed by atoms with E-state index < -0.39 is 15.8 Å². The Bertz CT molecular complexity index is 560. The number of halogens is 1. The predicted molar refractivity (Wildman–Crippen MR) is 71.6 cm³/mol. The highest BCUT2D eigenvalue weighted by Crippen LogP contribution is 2.27. The lowest BCUT2D eigenvalue weighted by Gasteiger charge is -2.20. The summed E-state index contributed by atoms with van der Waals surface area (Å²) in [6.07, 6.45) is 2.69. The fourth-order valence-electron chi connectivity index (χ4n) is 2.62. The van der Waals surface area contributed by atoms with Crippen LogP contribution in [0.25, 0.3) is 0 Å². The summed E-state index contributed by atoms with van der Waals surface area (Å²) in [7, 11) is -3.69. The van der Waals surface area contributed by atoms with Crippen molar-refractivity contribution in [1.29, 1.82) is 0 Å². The molecule has 1 aliphatic carbocycles. The minimum atomic E-state index is -3.69. The molecule has 1 saturated carbocycles. The fourth-order valence-corrected chi connectivity index (χ4v) is 4.21. The molecule has 4 nitrogen and oxygen atoms in total. The van der Waals surface area contributed by atoms with Crippen molar-refractivity contribution >= 4 is 10.0 Å². The van der Waals surface area contributed by atoms with Crippen LogP contribution in [0, 0.1) is 18.7 Å². The van der Waals surface area contributed by atoms with E-state index in [1.54, 1.807) is 0 Å². The number of hydrogen-bond donors (Lipinski definition) is 2. The largest absolute Gasteiger partial charge is 0.330 e. The Morgan fingerprint density at radius 2 is 2.16 bits per heavy atom. The van der Waals surface area contributed by atoms with E-state index >= 15 is 0 Å². The minimum Gasteiger partial charge on any atom is -0.330 e. The zero-order valence-electron chi connectivity index (χ0n) is 10.9. The fraction of sp³-hybridized carbons (Fsp3) is 0.538. The maximum absolute atomic E-state index is 13.5. The molecule has 0 heterocycles. The number of nitrogens with one attached hydrogen (secondary N) is 1. The van der Waals surface area contributed by atoms with Crippen molar-refractivity contribution in [3.63, 3.8) is 0 Å². The Morgan fingerprint density at radius 3 is 2.84 bits per heavy atom. The van der Waals surface area contributed by atoms with Gasteiger partial charge < -0.3 is 5.73 Å². The number of sulfonamides is 1. The molecule has 2 atom stereocenters. The highest BCUT2D eigenvalue weighted by atomic mass is 32.2. The molecule has 0 bridgehead atoms. The normalized spacial score (nSPS) is 23.7. The third kappa shape index (κ3) is 2.96. The first kappa shape index (κ1) is 14.4. The van der Waals surface area contributed by atoms with Crippen LogP contribution in [0.3, 0.4) is 0 Å².